The Bertz CT molecular complexity index is 564. The molecule has 0 aliphatic rings. The number of aryl methyl sites for hydroxylation is 2. The molecule has 2 aromatic rings. The molecule has 0 saturated heterocycles. The maximum atomic E-state index is 12.2. The Hall–Kier alpha value is -1.93. The van der Waals surface area contributed by atoms with Gasteiger partial charge in [0.05, 0.1) is 0 Å². The molecular formula is C17H19NO. The van der Waals surface area contributed by atoms with Crippen molar-refractivity contribution in [3.63, 3.8) is 0 Å². The van der Waals surface area contributed by atoms with Gasteiger partial charge in [0.1, 0.15) is 0 Å². The number of rotatable bonds is 4. The Labute approximate surface area is 114 Å². The molecule has 0 aliphatic carbocycles. The number of hydrogen-bond donors (Lipinski definition) is 1. The molecular weight excluding hydrogens is 234 g/mol. The Kier molecular flexibility index (Phi) is 4.13. The van der Waals surface area contributed by atoms with Crippen molar-refractivity contribution in [2.24, 2.45) is 5.73 Å². The van der Waals surface area contributed by atoms with E-state index in [0.29, 0.717) is 13.0 Å². The van der Waals surface area contributed by atoms with Gasteiger partial charge >= 0.3 is 0 Å². The standard InChI is InChI=1S/C17H19NO/c1-12-7-13(2)9-15(8-12)10-17(19)16-5-3-14(11-18)4-6-16/h3-9H,10-11,18H2,1-2H3. The normalized spacial score (nSPS) is 10.5. The highest BCUT2D eigenvalue weighted by Gasteiger charge is 2.07. The van der Waals surface area contributed by atoms with E-state index >= 15 is 0 Å². The number of nitrogens with two attached hydrogens (primary N) is 1. The molecule has 0 fully saturated rings. The number of benzene rings is 2. The SMILES string of the molecule is Cc1cc(C)cc(CC(=O)c2ccc(CN)cc2)c1. The molecule has 0 saturated carbocycles. The minimum absolute atomic E-state index is 0.147. The first kappa shape index (κ1) is 13.5. The average Bonchev–Trinajstić information content (AvgIpc) is 2.37. The second-order valence-electron chi connectivity index (χ2n) is 5.00. The Morgan fingerprint density at radius 3 is 2.05 bits per heavy atom. The molecule has 2 N–H and O–H groups in total. The minimum atomic E-state index is 0.147. The van der Waals surface area contributed by atoms with E-state index in [4.69, 9.17) is 5.73 Å². The van der Waals surface area contributed by atoms with E-state index in [0.717, 1.165) is 16.7 Å². The van der Waals surface area contributed by atoms with E-state index in [1.807, 2.05) is 24.3 Å². The van der Waals surface area contributed by atoms with Gasteiger partial charge in [-0.05, 0) is 25.0 Å². The van der Waals surface area contributed by atoms with Crippen LogP contribution in [-0.4, -0.2) is 5.78 Å². The lowest BCUT2D eigenvalue weighted by molar-refractivity contribution is 0.0993. The van der Waals surface area contributed by atoms with Crippen molar-refractivity contribution in [1.82, 2.24) is 0 Å². The van der Waals surface area contributed by atoms with Crippen LogP contribution in [-0.2, 0) is 13.0 Å². The second kappa shape index (κ2) is 5.81. The van der Waals surface area contributed by atoms with Crippen LogP contribution in [0.1, 0.15) is 32.6 Å². The fourth-order valence-electron chi connectivity index (χ4n) is 2.29. The van der Waals surface area contributed by atoms with Crippen LogP contribution in [0.2, 0.25) is 0 Å². The molecule has 0 unspecified atom stereocenters. The molecule has 0 atom stereocenters. The third-order valence-electron chi connectivity index (χ3n) is 3.16. The highest BCUT2D eigenvalue weighted by molar-refractivity contribution is 5.97. The predicted molar refractivity (Wildman–Crippen MR) is 78.3 cm³/mol. The fourth-order valence-corrected chi connectivity index (χ4v) is 2.29. The van der Waals surface area contributed by atoms with Gasteiger partial charge in [0.25, 0.3) is 0 Å². The van der Waals surface area contributed by atoms with Gasteiger partial charge in [0, 0.05) is 18.5 Å². The summed E-state index contributed by atoms with van der Waals surface area (Å²) >= 11 is 0. The monoisotopic (exact) mass is 253 g/mol. The zero-order valence-electron chi connectivity index (χ0n) is 11.4. The van der Waals surface area contributed by atoms with Crippen LogP contribution in [0, 0.1) is 13.8 Å². The third-order valence-corrected chi connectivity index (χ3v) is 3.16. The van der Waals surface area contributed by atoms with Crippen molar-refractivity contribution in [2.45, 2.75) is 26.8 Å². The number of carbonyl (C=O) groups excluding carboxylic acids is 1. The zero-order chi connectivity index (χ0) is 13.8. The van der Waals surface area contributed by atoms with Gasteiger partial charge in [-0.1, -0.05) is 53.6 Å². The van der Waals surface area contributed by atoms with Gasteiger partial charge in [-0.2, -0.15) is 0 Å². The predicted octanol–water partition coefficient (Wildman–Crippen LogP) is 3.19. The second-order valence-corrected chi connectivity index (χ2v) is 5.00. The first-order valence-corrected chi connectivity index (χ1v) is 6.48. The van der Waals surface area contributed by atoms with E-state index in [1.165, 1.54) is 11.1 Å². The van der Waals surface area contributed by atoms with Gasteiger partial charge < -0.3 is 5.73 Å². The molecule has 0 aliphatic heterocycles. The quantitative estimate of drug-likeness (QED) is 0.850. The van der Waals surface area contributed by atoms with Crippen LogP contribution in [0.5, 0.6) is 0 Å². The molecule has 0 aromatic heterocycles. The van der Waals surface area contributed by atoms with Crippen LogP contribution >= 0.6 is 0 Å². The number of Topliss-reactive ketones (excluding diaryl/α,β-unsaturated/α-hetero) is 1. The lowest BCUT2D eigenvalue weighted by atomic mass is 9.99. The van der Waals surface area contributed by atoms with Gasteiger partial charge in [-0.15, -0.1) is 0 Å². The van der Waals surface area contributed by atoms with E-state index < -0.39 is 0 Å². The third kappa shape index (κ3) is 3.52. The van der Waals surface area contributed by atoms with Crippen LogP contribution in [0.3, 0.4) is 0 Å². The minimum Gasteiger partial charge on any atom is -0.326 e. The van der Waals surface area contributed by atoms with Gasteiger partial charge in [-0.3, -0.25) is 4.79 Å². The molecule has 2 nitrogen and oxygen atoms in total. The van der Waals surface area contributed by atoms with Crippen LogP contribution in [0.4, 0.5) is 0 Å². The summed E-state index contributed by atoms with van der Waals surface area (Å²) in [5.41, 5.74) is 10.8. The summed E-state index contributed by atoms with van der Waals surface area (Å²) in [4.78, 5) is 12.2. The maximum absolute atomic E-state index is 12.2. The topological polar surface area (TPSA) is 43.1 Å². The summed E-state index contributed by atoms with van der Waals surface area (Å²) in [6.45, 7) is 4.61. The largest absolute Gasteiger partial charge is 0.326 e. The van der Waals surface area contributed by atoms with E-state index in [2.05, 4.69) is 32.0 Å². The molecule has 98 valence electrons. The van der Waals surface area contributed by atoms with Crippen molar-refractivity contribution >= 4 is 5.78 Å². The van der Waals surface area contributed by atoms with Crippen molar-refractivity contribution in [3.8, 4) is 0 Å². The molecule has 2 aromatic carbocycles. The van der Waals surface area contributed by atoms with E-state index in [1.54, 1.807) is 0 Å². The average molecular weight is 253 g/mol. The van der Waals surface area contributed by atoms with Crippen molar-refractivity contribution in [1.29, 1.82) is 0 Å². The van der Waals surface area contributed by atoms with Crippen LogP contribution < -0.4 is 5.73 Å². The lowest BCUT2D eigenvalue weighted by Crippen LogP contribution is -2.05. The number of hydrogen-bond acceptors (Lipinski definition) is 2. The summed E-state index contributed by atoms with van der Waals surface area (Å²) < 4.78 is 0. The zero-order valence-corrected chi connectivity index (χ0v) is 11.4. The number of carbonyl (C=O) groups is 1. The Morgan fingerprint density at radius 1 is 0.947 bits per heavy atom. The van der Waals surface area contributed by atoms with Gasteiger partial charge in [0.2, 0.25) is 0 Å². The van der Waals surface area contributed by atoms with Gasteiger partial charge in [0.15, 0.2) is 5.78 Å². The summed E-state index contributed by atoms with van der Waals surface area (Å²) in [5.74, 6) is 0.147. The Morgan fingerprint density at radius 2 is 1.53 bits per heavy atom. The van der Waals surface area contributed by atoms with E-state index in [-0.39, 0.29) is 5.78 Å². The molecule has 2 heteroatoms. The molecule has 0 spiro atoms. The summed E-state index contributed by atoms with van der Waals surface area (Å²) in [6.07, 6.45) is 0.449. The molecule has 0 radical (unpaired) electrons. The molecule has 19 heavy (non-hydrogen) atoms. The fraction of sp³-hybridized carbons (Fsp3) is 0.235. The number of ketones is 1. The summed E-state index contributed by atoms with van der Waals surface area (Å²) in [6, 6.07) is 13.8. The van der Waals surface area contributed by atoms with E-state index in [9.17, 15) is 4.79 Å². The smallest absolute Gasteiger partial charge is 0.167 e. The highest BCUT2D eigenvalue weighted by Crippen LogP contribution is 2.13. The van der Waals surface area contributed by atoms with Gasteiger partial charge in [-0.25, -0.2) is 0 Å². The highest BCUT2D eigenvalue weighted by atomic mass is 16.1. The molecule has 0 heterocycles. The van der Waals surface area contributed by atoms with Crippen molar-refractivity contribution in [3.05, 3.63) is 70.3 Å². The first-order valence-electron chi connectivity index (χ1n) is 6.48. The van der Waals surface area contributed by atoms with Crippen LogP contribution in [0.15, 0.2) is 42.5 Å². The van der Waals surface area contributed by atoms with Crippen molar-refractivity contribution in [2.75, 3.05) is 0 Å². The molecule has 0 amide bonds. The molecule has 2 rings (SSSR count). The lowest BCUT2D eigenvalue weighted by Gasteiger charge is -2.05. The molecule has 0 bridgehead atoms. The van der Waals surface area contributed by atoms with Crippen LogP contribution in [0.25, 0.3) is 0 Å². The maximum Gasteiger partial charge on any atom is 0.167 e. The Balaban J connectivity index is 2.15. The first-order chi connectivity index (χ1) is 9.08. The van der Waals surface area contributed by atoms with Crippen molar-refractivity contribution < 1.29 is 4.79 Å². The summed E-state index contributed by atoms with van der Waals surface area (Å²) in [7, 11) is 0. The summed E-state index contributed by atoms with van der Waals surface area (Å²) in [5, 5.41) is 0.